The first-order chi connectivity index (χ1) is 9.04. The fourth-order valence-corrected chi connectivity index (χ4v) is 2.47. The van der Waals surface area contributed by atoms with Gasteiger partial charge in [0.2, 0.25) is 11.8 Å². The number of hydrogen-bond donors (Lipinski definition) is 1. The second kappa shape index (κ2) is 5.31. The minimum atomic E-state index is -1.13. The van der Waals surface area contributed by atoms with E-state index in [0.717, 1.165) is 4.90 Å². The van der Waals surface area contributed by atoms with E-state index in [4.69, 9.17) is 9.84 Å². The first kappa shape index (κ1) is 13.4. The predicted octanol–water partition coefficient (Wildman–Crippen LogP) is 1.000. The van der Waals surface area contributed by atoms with Gasteiger partial charge in [-0.25, -0.2) is 9.69 Å². The average molecular weight is 281 g/mol. The van der Waals surface area contributed by atoms with Gasteiger partial charge in [-0.1, -0.05) is 0 Å². The molecule has 19 heavy (non-hydrogen) atoms. The van der Waals surface area contributed by atoms with Crippen LogP contribution in [0.2, 0.25) is 0 Å². The zero-order valence-corrected chi connectivity index (χ0v) is 10.9. The standard InChI is InChI=1S/C12H11NO5S/c1-18-9-3-2-7(12(16)17)4-8(9)13-10(14)5-19-6-11(13)15/h2-4H,5-6H2,1H3,(H,16,17). The molecule has 0 spiro atoms. The van der Waals surface area contributed by atoms with Crippen molar-refractivity contribution >= 4 is 35.2 Å². The van der Waals surface area contributed by atoms with Crippen molar-refractivity contribution in [2.75, 3.05) is 23.5 Å². The van der Waals surface area contributed by atoms with Crippen LogP contribution in [0.25, 0.3) is 0 Å². The lowest BCUT2D eigenvalue weighted by Gasteiger charge is -2.26. The number of hydrogen-bond acceptors (Lipinski definition) is 5. The highest BCUT2D eigenvalue weighted by Crippen LogP contribution is 2.32. The molecule has 1 fully saturated rings. The van der Waals surface area contributed by atoms with Gasteiger partial charge in [-0.2, -0.15) is 0 Å². The molecule has 2 amide bonds. The number of amides is 2. The summed E-state index contributed by atoms with van der Waals surface area (Å²) in [6.07, 6.45) is 0. The van der Waals surface area contributed by atoms with Crippen LogP contribution in [0.4, 0.5) is 5.69 Å². The maximum atomic E-state index is 11.8. The fourth-order valence-electron chi connectivity index (χ4n) is 1.76. The van der Waals surface area contributed by atoms with Crippen LogP contribution >= 0.6 is 11.8 Å². The Hall–Kier alpha value is -2.02. The molecule has 1 saturated heterocycles. The molecule has 1 heterocycles. The molecule has 6 nitrogen and oxygen atoms in total. The molecular weight excluding hydrogens is 270 g/mol. The predicted molar refractivity (Wildman–Crippen MR) is 69.8 cm³/mol. The molecule has 0 atom stereocenters. The Morgan fingerprint density at radius 3 is 2.47 bits per heavy atom. The van der Waals surface area contributed by atoms with Crippen LogP contribution in [0, 0.1) is 0 Å². The van der Waals surface area contributed by atoms with Crippen molar-refractivity contribution in [3.63, 3.8) is 0 Å². The minimum absolute atomic E-state index is 0.00498. The third-order valence-electron chi connectivity index (χ3n) is 2.62. The van der Waals surface area contributed by atoms with E-state index in [1.54, 1.807) is 0 Å². The summed E-state index contributed by atoms with van der Waals surface area (Å²) < 4.78 is 5.08. The van der Waals surface area contributed by atoms with Crippen LogP contribution in [-0.4, -0.2) is 41.5 Å². The largest absolute Gasteiger partial charge is 0.495 e. The highest BCUT2D eigenvalue weighted by atomic mass is 32.2. The highest BCUT2D eigenvalue weighted by Gasteiger charge is 2.30. The number of methoxy groups -OCH3 is 1. The van der Waals surface area contributed by atoms with Crippen LogP contribution in [0.5, 0.6) is 5.75 Å². The second-order valence-corrected chi connectivity index (χ2v) is 4.79. The van der Waals surface area contributed by atoms with Gasteiger partial charge in [0.15, 0.2) is 0 Å². The number of carbonyl (C=O) groups excluding carboxylic acids is 2. The average Bonchev–Trinajstić information content (AvgIpc) is 2.38. The second-order valence-electron chi connectivity index (χ2n) is 3.81. The molecule has 1 aromatic carbocycles. The maximum Gasteiger partial charge on any atom is 0.335 e. The molecule has 100 valence electrons. The van der Waals surface area contributed by atoms with Gasteiger partial charge >= 0.3 is 5.97 Å². The summed E-state index contributed by atoms with van der Waals surface area (Å²) in [5.41, 5.74) is 0.173. The summed E-state index contributed by atoms with van der Waals surface area (Å²) in [5.74, 6) is -1.21. The van der Waals surface area contributed by atoms with Gasteiger partial charge in [0.25, 0.3) is 0 Å². The van der Waals surface area contributed by atoms with Crippen LogP contribution < -0.4 is 9.64 Å². The molecule has 7 heteroatoms. The van der Waals surface area contributed by atoms with Crippen molar-refractivity contribution in [2.45, 2.75) is 0 Å². The smallest absolute Gasteiger partial charge is 0.335 e. The molecule has 1 aliphatic heterocycles. The van der Waals surface area contributed by atoms with Gasteiger partial charge in [0.05, 0.1) is 29.9 Å². The molecule has 0 aliphatic carbocycles. The van der Waals surface area contributed by atoms with E-state index in [0.29, 0.717) is 5.75 Å². The zero-order valence-electron chi connectivity index (χ0n) is 10.1. The van der Waals surface area contributed by atoms with Crippen molar-refractivity contribution in [1.82, 2.24) is 0 Å². The lowest BCUT2D eigenvalue weighted by molar-refractivity contribution is -0.124. The lowest BCUT2D eigenvalue weighted by atomic mass is 10.1. The fraction of sp³-hybridized carbons (Fsp3) is 0.250. The topological polar surface area (TPSA) is 83.9 Å². The number of thioether (sulfide) groups is 1. The van der Waals surface area contributed by atoms with Crippen LogP contribution in [-0.2, 0) is 9.59 Å². The number of benzene rings is 1. The Morgan fingerprint density at radius 2 is 1.95 bits per heavy atom. The SMILES string of the molecule is COc1ccc(C(=O)O)cc1N1C(=O)CSCC1=O. The number of ether oxygens (including phenoxy) is 1. The van der Waals surface area contributed by atoms with Crippen molar-refractivity contribution < 1.29 is 24.2 Å². The number of carboxylic acid groups (broad SMARTS) is 1. The zero-order chi connectivity index (χ0) is 14.0. The van der Waals surface area contributed by atoms with E-state index >= 15 is 0 Å². The molecule has 0 bridgehead atoms. The third kappa shape index (κ3) is 2.55. The van der Waals surface area contributed by atoms with Gasteiger partial charge in [0, 0.05) is 0 Å². The number of nitrogens with zero attached hydrogens (tertiary/aromatic N) is 1. The van der Waals surface area contributed by atoms with Crippen LogP contribution in [0.3, 0.4) is 0 Å². The van der Waals surface area contributed by atoms with Gasteiger partial charge in [-0.05, 0) is 18.2 Å². The van der Waals surface area contributed by atoms with Gasteiger partial charge in [0.1, 0.15) is 5.75 Å². The molecule has 0 radical (unpaired) electrons. The lowest BCUT2D eigenvalue weighted by Crippen LogP contribution is -2.43. The molecule has 1 aromatic rings. The van der Waals surface area contributed by atoms with Gasteiger partial charge < -0.3 is 9.84 Å². The van der Waals surface area contributed by atoms with Crippen molar-refractivity contribution in [3.05, 3.63) is 23.8 Å². The van der Waals surface area contributed by atoms with E-state index in [1.165, 1.54) is 37.1 Å². The van der Waals surface area contributed by atoms with Crippen molar-refractivity contribution in [1.29, 1.82) is 0 Å². The van der Waals surface area contributed by atoms with E-state index in [1.807, 2.05) is 0 Å². The maximum absolute atomic E-state index is 11.8. The Morgan fingerprint density at radius 1 is 1.32 bits per heavy atom. The normalized spacial score (nSPS) is 15.5. The first-order valence-electron chi connectivity index (χ1n) is 5.39. The van der Waals surface area contributed by atoms with Crippen LogP contribution in [0.15, 0.2) is 18.2 Å². The Kier molecular flexibility index (Phi) is 3.75. The molecule has 1 N–H and O–H groups in total. The summed E-state index contributed by atoms with van der Waals surface area (Å²) in [7, 11) is 1.40. The van der Waals surface area contributed by atoms with E-state index < -0.39 is 5.97 Å². The van der Waals surface area contributed by atoms with Crippen molar-refractivity contribution in [3.8, 4) is 5.75 Å². The monoisotopic (exact) mass is 281 g/mol. The Labute approximate surface area is 113 Å². The van der Waals surface area contributed by atoms with Crippen LogP contribution in [0.1, 0.15) is 10.4 Å². The molecule has 2 rings (SSSR count). The number of carbonyl (C=O) groups is 3. The summed E-state index contributed by atoms with van der Waals surface area (Å²) in [4.78, 5) is 35.6. The number of aromatic carboxylic acids is 1. The van der Waals surface area contributed by atoms with Crippen molar-refractivity contribution in [2.24, 2.45) is 0 Å². The number of imide groups is 1. The highest BCUT2D eigenvalue weighted by molar-refractivity contribution is 8.00. The molecule has 0 saturated carbocycles. The van der Waals surface area contributed by atoms with E-state index in [9.17, 15) is 14.4 Å². The molecule has 0 aromatic heterocycles. The third-order valence-corrected chi connectivity index (χ3v) is 3.52. The Bertz CT molecular complexity index is 541. The number of carboxylic acids is 1. The van der Waals surface area contributed by atoms with Gasteiger partial charge in [-0.3, -0.25) is 9.59 Å². The minimum Gasteiger partial charge on any atom is -0.495 e. The molecular formula is C12H11NO5S. The number of anilines is 1. The summed E-state index contributed by atoms with van der Waals surface area (Å²) in [6, 6.07) is 4.06. The summed E-state index contributed by atoms with van der Waals surface area (Å²) in [5, 5.41) is 8.97. The molecule has 1 aliphatic rings. The quantitative estimate of drug-likeness (QED) is 0.832. The molecule has 0 unspecified atom stereocenters. The summed E-state index contributed by atoms with van der Waals surface area (Å²) in [6.45, 7) is 0. The van der Waals surface area contributed by atoms with Gasteiger partial charge in [-0.15, -0.1) is 11.8 Å². The van der Waals surface area contributed by atoms with E-state index in [-0.39, 0.29) is 34.6 Å². The first-order valence-corrected chi connectivity index (χ1v) is 6.55. The number of rotatable bonds is 3. The Balaban J connectivity index is 2.51. The van der Waals surface area contributed by atoms with E-state index in [2.05, 4.69) is 0 Å². The summed E-state index contributed by atoms with van der Waals surface area (Å²) >= 11 is 1.24.